The van der Waals surface area contributed by atoms with Crippen LogP contribution in [0.1, 0.15) is 5.56 Å². The third-order valence-electron chi connectivity index (χ3n) is 2.73. The van der Waals surface area contributed by atoms with Crippen LogP contribution in [0.2, 0.25) is 0 Å². The number of aliphatic hydroxyl groups excluding tert-OH is 1. The van der Waals surface area contributed by atoms with Crippen molar-refractivity contribution in [3.8, 4) is 0 Å². The lowest BCUT2D eigenvalue weighted by Crippen LogP contribution is -2.66. The van der Waals surface area contributed by atoms with Gasteiger partial charge in [0.05, 0.1) is 6.61 Å². The molecule has 1 aromatic rings. The molecule has 2 rings (SSSR count). The second kappa shape index (κ2) is 3.99. The third kappa shape index (κ3) is 1.58. The van der Waals surface area contributed by atoms with E-state index in [2.05, 4.69) is 0 Å². The molecule has 0 aliphatic carbocycles. The van der Waals surface area contributed by atoms with Crippen molar-refractivity contribution < 1.29 is 19.5 Å². The molecule has 1 aliphatic heterocycles. The maximum atomic E-state index is 11.8. The van der Waals surface area contributed by atoms with Crippen molar-refractivity contribution >= 4 is 17.8 Å². The van der Waals surface area contributed by atoms with E-state index in [9.17, 15) is 19.5 Å². The number of imide groups is 2. The summed E-state index contributed by atoms with van der Waals surface area (Å²) >= 11 is 0. The Morgan fingerprint density at radius 3 is 2.00 bits per heavy atom. The molecule has 0 aromatic heterocycles. The van der Waals surface area contributed by atoms with Crippen molar-refractivity contribution in [3.05, 3.63) is 35.9 Å². The standard InChI is InChI=1S/C11H10N2O4/c14-6-11(7-4-2-1-3-5-7)8(15)12-10(17)13-9(11)16/h1-5,14H,6H2,(H2,12,13,15,16,17). The number of carbonyl (C=O) groups is 3. The molecule has 0 unspecified atom stereocenters. The zero-order valence-corrected chi connectivity index (χ0v) is 8.77. The summed E-state index contributed by atoms with van der Waals surface area (Å²) in [5.74, 6) is -1.64. The number of hydrogen-bond donors (Lipinski definition) is 3. The average molecular weight is 234 g/mol. The number of barbiturate groups is 1. The molecule has 4 amide bonds. The number of nitrogens with one attached hydrogen (secondary N) is 2. The molecular formula is C11H10N2O4. The van der Waals surface area contributed by atoms with Crippen molar-refractivity contribution in [2.24, 2.45) is 0 Å². The summed E-state index contributed by atoms with van der Waals surface area (Å²) in [7, 11) is 0. The number of hydrogen-bond acceptors (Lipinski definition) is 4. The summed E-state index contributed by atoms with van der Waals surface area (Å²) in [6.07, 6.45) is 0. The highest BCUT2D eigenvalue weighted by molar-refractivity contribution is 6.23. The second-order valence-corrected chi connectivity index (χ2v) is 3.67. The molecule has 0 radical (unpaired) electrons. The van der Waals surface area contributed by atoms with E-state index in [-0.39, 0.29) is 0 Å². The van der Waals surface area contributed by atoms with Crippen LogP contribution in [0.25, 0.3) is 0 Å². The van der Waals surface area contributed by atoms with E-state index in [1.54, 1.807) is 30.3 Å². The van der Waals surface area contributed by atoms with Crippen LogP contribution in [0.3, 0.4) is 0 Å². The molecule has 0 bridgehead atoms. The Kier molecular flexibility index (Phi) is 2.64. The first kappa shape index (κ1) is 11.3. The number of carbonyl (C=O) groups excluding carboxylic acids is 3. The molecule has 0 atom stereocenters. The van der Waals surface area contributed by atoms with Crippen molar-refractivity contribution in [1.29, 1.82) is 0 Å². The topological polar surface area (TPSA) is 95.5 Å². The molecule has 0 saturated carbocycles. The van der Waals surface area contributed by atoms with Gasteiger partial charge >= 0.3 is 6.03 Å². The Labute approximate surface area is 96.6 Å². The molecule has 1 aliphatic rings. The molecule has 88 valence electrons. The number of rotatable bonds is 2. The maximum Gasteiger partial charge on any atom is 0.328 e. The van der Waals surface area contributed by atoms with Gasteiger partial charge in [-0.15, -0.1) is 0 Å². The maximum absolute atomic E-state index is 11.8. The van der Waals surface area contributed by atoms with Gasteiger partial charge in [0.1, 0.15) is 0 Å². The van der Waals surface area contributed by atoms with Gasteiger partial charge in [0.2, 0.25) is 0 Å². The van der Waals surface area contributed by atoms with E-state index in [0.29, 0.717) is 5.56 Å². The fourth-order valence-corrected chi connectivity index (χ4v) is 1.77. The second-order valence-electron chi connectivity index (χ2n) is 3.67. The van der Waals surface area contributed by atoms with E-state index >= 15 is 0 Å². The lowest BCUT2D eigenvalue weighted by molar-refractivity contribution is -0.140. The van der Waals surface area contributed by atoms with Gasteiger partial charge in [-0.25, -0.2) is 4.79 Å². The molecule has 6 heteroatoms. The van der Waals surface area contributed by atoms with Crippen LogP contribution in [0.4, 0.5) is 4.79 Å². The van der Waals surface area contributed by atoms with Gasteiger partial charge in [-0.05, 0) is 5.56 Å². The van der Waals surface area contributed by atoms with Crippen LogP contribution < -0.4 is 10.6 Å². The fourth-order valence-electron chi connectivity index (χ4n) is 1.77. The van der Waals surface area contributed by atoms with Crippen LogP contribution in [0.15, 0.2) is 30.3 Å². The van der Waals surface area contributed by atoms with Crippen LogP contribution in [-0.4, -0.2) is 29.6 Å². The van der Waals surface area contributed by atoms with Crippen molar-refractivity contribution in [2.45, 2.75) is 5.41 Å². The van der Waals surface area contributed by atoms with E-state index < -0.39 is 29.9 Å². The normalized spacial score (nSPS) is 18.5. The fraction of sp³-hybridized carbons (Fsp3) is 0.182. The predicted octanol–water partition coefficient (Wildman–Crippen LogP) is -0.717. The lowest BCUT2D eigenvalue weighted by Gasteiger charge is -2.32. The SMILES string of the molecule is O=C1NC(=O)C(CO)(c2ccccc2)C(=O)N1. The quantitative estimate of drug-likeness (QED) is 0.588. The summed E-state index contributed by atoms with van der Waals surface area (Å²) in [5.41, 5.74) is -1.42. The summed E-state index contributed by atoms with van der Waals surface area (Å²) in [6.45, 7) is -0.706. The Morgan fingerprint density at radius 2 is 1.53 bits per heavy atom. The van der Waals surface area contributed by atoms with Crippen LogP contribution in [0.5, 0.6) is 0 Å². The summed E-state index contributed by atoms with van der Waals surface area (Å²) in [5, 5.41) is 13.3. The van der Waals surface area contributed by atoms with Gasteiger partial charge in [-0.1, -0.05) is 30.3 Å². The zero-order chi connectivity index (χ0) is 12.5. The highest BCUT2D eigenvalue weighted by atomic mass is 16.3. The van der Waals surface area contributed by atoms with Gasteiger partial charge in [0.25, 0.3) is 11.8 Å². The largest absolute Gasteiger partial charge is 0.394 e. The predicted molar refractivity (Wildman–Crippen MR) is 56.9 cm³/mol. The Morgan fingerprint density at radius 1 is 1.00 bits per heavy atom. The first-order valence-corrected chi connectivity index (χ1v) is 4.94. The van der Waals surface area contributed by atoms with Crippen molar-refractivity contribution in [1.82, 2.24) is 10.6 Å². The first-order valence-electron chi connectivity index (χ1n) is 4.94. The van der Waals surface area contributed by atoms with E-state index in [0.717, 1.165) is 0 Å². The Bertz CT molecular complexity index is 464. The molecule has 1 heterocycles. The van der Waals surface area contributed by atoms with Crippen molar-refractivity contribution in [2.75, 3.05) is 6.61 Å². The molecule has 17 heavy (non-hydrogen) atoms. The van der Waals surface area contributed by atoms with Gasteiger partial charge < -0.3 is 5.11 Å². The molecule has 1 saturated heterocycles. The van der Waals surface area contributed by atoms with Crippen LogP contribution in [0, 0.1) is 0 Å². The molecule has 1 fully saturated rings. The molecule has 0 spiro atoms. The summed E-state index contributed by atoms with van der Waals surface area (Å²) < 4.78 is 0. The van der Waals surface area contributed by atoms with Crippen molar-refractivity contribution in [3.63, 3.8) is 0 Å². The highest BCUT2D eigenvalue weighted by Gasteiger charge is 2.51. The van der Waals surface area contributed by atoms with Crippen LogP contribution in [-0.2, 0) is 15.0 Å². The minimum Gasteiger partial charge on any atom is -0.394 e. The van der Waals surface area contributed by atoms with Gasteiger partial charge in [0, 0.05) is 0 Å². The monoisotopic (exact) mass is 234 g/mol. The highest BCUT2D eigenvalue weighted by Crippen LogP contribution is 2.26. The Hall–Kier alpha value is -2.21. The minimum atomic E-state index is -1.75. The first-order chi connectivity index (χ1) is 8.11. The number of benzene rings is 1. The lowest BCUT2D eigenvalue weighted by atomic mass is 9.78. The van der Waals surface area contributed by atoms with E-state index in [4.69, 9.17) is 0 Å². The summed E-state index contributed by atoms with van der Waals surface area (Å²) in [4.78, 5) is 34.6. The molecular weight excluding hydrogens is 224 g/mol. The number of aliphatic hydroxyl groups is 1. The number of urea groups is 1. The number of amides is 4. The zero-order valence-electron chi connectivity index (χ0n) is 8.77. The molecule has 6 nitrogen and oxygen atoms in total. The van der Waals surface area contributed by atoms with Gasteiger partial charge in [-0.3, -0.25) is 20.2 Å². The van der Waals surface area contributed by atoms with Gasteiger partial charge in [0.15, 0.2) is 5.41 Å². The smallest absolute Gasteiger partial charge is 0.328 e. The Balaban J connectivity index is 2.54. The summed E-state index contributed by atoms with van der Waals surface area (Å²) in [6, 6.07) is 7.22. The molecule has 3 N–H and O–H groups in total. The third-order valence-corrected chi connectivity index (χ3v) is 2.73. The van der Waals surface area contributed by atoms with E-state index in [1.807, 2.05) is 10.6 Å². The average Bonchev–Trinajstić information content (AvgIpc) is 2.30. The van der Waals surface area contributed by atoms with Crippen LogP contribution >= 0.6 is 0 Å². The minimum absolute atomic E-state index is 0.338. The van der Waals surface area contributed by atoms with Gasteiger partial charge in [-0.2, -0.15) is 0 Å². The van der Waals surface area contributed by atoms with E-state index in [1.165, 1.54) is 0 Å². The molecule has 1 aromatic carbocycles.